The fourth-order valence-corrected chi connectivity index (χ4v) is 3.90. The Morgan fingerprint density at radius 2 is 1.86 bits per heavy atom. The van der Waals surface area contributed by atoms with E-state index in [9.17, 15) is 19.5 Å². The first-order valence-corrected chi connectivity index (χ1v) is 11.9. The van der Waals surface area contributed by atoms with Gasteiger partial charge in [0.25, 0.3) is 5.91 Å². The molecule has 0 aliphatic carbocycles. The van der Waals surface area contributed by atoms with Gasteiger partial charge in [0.05, 0.1) is 19.0 Å². The van der Waals surface area contributed by atoms with Crippen molar-refractivity contribution in [3.63, 3.8) is 0 Å². The third-order valence-corrected chi connectivity index (χ3v) is 5.88. The molecule has 0 bridgehead atoms. The molecule has 0 saturated heterocycles. The molecule has 3 N–H and O–H groups in total. The summed E-state index contributed by atoms with van der Waals surface area (Å²) in [6.45, 7) is 7.57. The standard InChI is InChI=1S/C26H32N4O6/c1-6-18(7-2)28-23(32)20-12-19(29-30-20)16-9-8-10-17(11-16)24-27-14-21(36-24)22(31)26(34,13-15(3)4)25(33)35-5/h8-12,14-15,18,34H,6-7,13H2,1-5H3,(H,28,32)(H,29,30)/t26-/m1/s1. The zero-order valence-electron chi connectivity index (χ0n) is 21.1. The molecule has 0 fully saturated rings. The largest absolute Gasteiger partial charge is 0.467 e. The fraction of sp³-hybridized carbons (Fsp3) is 0.423. The maximum atomic E-state index is 13.0. The number of nitrogens with one attached hydrogen (secondary N) is 2. The number of ketones is 1. The summed E-state index contributed by atoms with van der Waals surface area (Å²) < 4.78 is 10.3. The van der Waals surface area contributed by atoms with Crippen LogP contribution in [0.1, 0.15) is 68.0 Å². The van der Waals surface area contributed by atoms with Crippen LogP contribution in [0.4, 0.5) is 0 Å². The fourth-order valence-electron chi connectivity index (χ4n) is 3.90. The van der Waals surface area contributed by atoms with E-state index < -0.39 is 17.4 Å². The topological polar surface area (TPSA) is 147 Å². The predicted octanol–water partition coefficient (Wildman–Crippen LogP) is 3.78. The Balaban J connectivity index is 1.84. The van der Waals surface area contributed by atoms with Crippen molar-refractivity contribution >= 4 is 17.7 Å². The molecule has 0 radical (unpaired) electrons. The van der Waals surface area contributed by atoms with Crippen LogP contribution in [0.3, 0.4) is 0 Å². The highest BCUT2D eigenvalue weighted by Crippen LogP contribution is 2.29. The van der Waals surface area contributed by atoms with Crippen LogP contribution < -0.4 is 5.32 Å². The van der Waals surface area contributed by atoms with E-state index in [-0.39, 0.29) is 35.9 Å². The maximum Gasteiger partial charge on any atom is 0.346 e. The summed E-state index contributed by atoms with van der Waals surface area (Å²) in [5.74, 6) is -2.49. The molecule has 3 rings (SSSR count). The molecule has 0 saturated carbocycles. The number of carbonyl (C=O) groups excluding carboxylic acids is 3. The van der Waals surface area contributed by atoms with Crippen molar-refractivity contribution in [1.29, 1.82) is 0 Å². The molecule has 0 aliphatic heterocycles. The van der Waals surface area contributed by atoms with Crippen LogP contribution >= 0.6 is 0 Å². The maximum absolute atomic E-state index is 13.0. The molecule has 36 heavy (non-hydrogen) atoms. The lowest BCUT2D eigenvalue weighted by Gasteiger charge is -2.24. The SMILES string of the molecule is CCC(CC)NC(=O)c1cc(-c2cccc(-c3ncc(C(=O)[C@](O)(CC(C)C)C(=O)OC)o3)c2)n[nH]1. The summed E-state index contributed by atoms with van der Waals surface area (Å²) in [4.78, 5) is 41.9. The van der Waals surface area contributed by atoms with Crippen LogP contribution in [0, 0.1) is 5.92 Å². The summed E-state index contributed by atoms with van der Waals surface area (Å²) in [6, 6.07) is 8.81. The van der Waals surface area contributed by atoms with Gasteiger partial charge in [0.1, 0.15) is 5.69 Å². The number of rotatable bonds is 11. The van der Waals surface area contributed by atoms with Crippen molar-refractivity contribution in [2.24, 2.45) is 5.92 Å². The molecule has 1 amide bonds. The summed E-state index contributed by atoms with van der Waals surface area (Å²) >= 11 is 0. The predicted molar refractivity (Wildman–Crippen MR) is 132 cm³/mol. The molecule has 1 atom stereocenters. The number of Topliss-reactive ketones (excluding diaryl/α,β-unsaturated/α-hetero) is 1. The van der Waals surface area contributed by atoms with Gasteiger partial charge in [0.2, 0.25) is 17.3 Å². The quantitative estimate of drug-likeness (QED) is 0.206. The van der Waals surface area contributed by atoms with Crippen LogP contribution in [-0.4, -0.2) is 56.7 Å². The minimum absolute atomic E-state index is 0.0897. The van der Waals surface area contributed by atoms with Gasteiger partial charge in [-0.15, -0.1) is 0 Å². The highest BCUT2D eigenvalue weighted by Gasteiger charge is 2.47. The number of aliphatic hydroxyl groups is 1. The lowest BCUT2D eigenvalue weighted by Crippen LogP contribution is -2.48. The first-order valence-electron chi connectivity index (χ1n) is 11.9. The zero-order valence-corrected chi connectivity index (χ0v) is 21.1. The van der Waals surface area contributed by atoms with Gasteiger partial charge >= 0.3 is 5.97 Å². The molecule has 10 nitrogen and oxygen atoms in total. The average Bonchev–Trinajstić information content (AvgIpc) is 3.56. The third kappa shape index (κ3) is 5.71. The van der Waals surface area contributed by atoms with E-state index in [1.807, 2.05) is 19.9 Å². The Morgan fingerprint density at radius 3 is 2.50 bits per heavy atom. The van der Waals surface area contributed by atoms with Crippen LogP contribution in [0.25, 0.3) is 22.7 Å². The first kappa shape index (κ1) is 26.8. The number of hydrogen-bond donors (Lipinski definition) is 3. The molecule has 0 spiro atoms. The van der Waals surface area contributed by atoms with Gasteiger partial charge in [-0.25, -0.2) is 9.78 Å². The molecule has 2 heterocycles. The van der Waals surface area contributed by atoms with Gasteiger partial charge in [-0.3, -0.25) is 14.7 Å². The number of H-pyrrole nitrogens is 1. The molecule has 1 aromatic carbocycles. The monoisotopic (exact) mass is 496 g/mol. The number of benzene rings is 1. The Bertz CT molecular complexity index is 1230. The number of oxazole rings is 1. The van der Waals surface area contributed by atoms with Gasteiger partial charge in [0.15, 0.2) is 5.76 Å². The van der Waals surface area contributed by atoms with Crippen molar-refractivity contribution in [3.05, 3.63) is 48.0 Å². The molecule has 192 valence electrons. The molecular formula is C26H32N4O6. The second-order valence-electron chi connectivity index (χ2n) is 9.04. The second kappa shape index (κ2) is 11.3. The number of aromatic nitrogens is 3. The van der Waals surface area contributed by atoms with Gasteiger partial charge in [0, 0.05) is 17.2 Å². The van der Waals surface area contributed by atoms with Crippen molar-refractivity contribution < 1.29 is 28.6 Å². The number of nitrogens with zero attached hydrogens (tertiary/aromatic N) is 2. The molecule has 2 aromatic heterocycles. The van der Waals surface area contributed by atoms with Gasteiger partial charge in [-0.1, -0.05) is 39.8 Å². The Kier molecular flexibility index (Phi) is 8.41. The lowest BCUT2D eigenvalue weighted by molar-refractivity contribution is -0.158. The Hall–Kier alpha value is -3.79. The number of esters is 1. The summed E-state index contributed by atoms with van der Waals surface area (Å²) in [6.07, 6.45) is 2.71. The normalized spacial score (nSPS) is 13.0. The van der Waals surface area contributed by atoms with E-state index in [2.05, 4.69) is 25.2 Å². The van der Waals surface area contributed by atoms with Crippen LogP contribution in [-0.2, 0) is 9.53 Å². The van der Waals surface area contributed by atoms with Crippen molar-refractivity contribution in [2.45, 2.75) is 58.6 Å². The van der Waals surface area contributed by atoms with Crippen LogP contribution in [0.2, 0.25) is 0 Å². The number of ether oxygens (including phenoxy) is 1. The van der Waals surface area contributed by atoms with Crippen molar-refractivity contribution in [3.8, 4) is 22.7 Å². The van der Waals surface area contributed by atoms with E-state index in [1.54, 1.807) is 38.1 Å². The van der Waals surface area contributed by atoms with E-state index in [1.165, 1.54) is 6.20 Å². The van der Waals surface area contributed by atoms with E-state index in [4.69, 9.17) is 4.42 Å². The van der Waals surface area contributed by atoms with E-state index in [0.717, 1.165) is 20.0 Å². The van der Waals surface area contributed by atoms with Crippen LogP contribution in [0.5, 0.6) is 0 Å². The summed E-state index contributed by atoms with van der Waals surface area (Å²) in [5.41, 5.74) is -0.238. The van der Waals surface area contributed by atoms with E-state index in [0.29, 0.717) is 22.5 Å². The number of methoxy groups -OCH3 is 1. The van der Waals surface area contributed by atoms with Crippen molar-refractivity contribution in [1.82, 2.24) is 20.5 Å². The molecular weight excluding hydrogens is 464 g/mol. The summed E-state index contributed by atoms with van der Waals surface area (Å²) in [7, 11) is 1.11. The number of hydrogen-bond acceptors (Lipinski definition) is 8. The smallest absolute Gasteiger partial charge is 0.346 e. The molecule has 0 unspecified atom stereocenters. The summed E-state index contributed by atoms with van der Waals surface area (Å²) in [5, 5.41) is 20.8. The van der Waals surface area contributed by atoms with Crippen molar-refractivity contribution in [2.75, 3.05) is 7.11 Å². The highest BCUT2D eigenvalue weighted by molar-refractivity contribution is 6.14. The van der Waals surface area contributed by atoms with E-state index >= 15 is 0 Å². The number of carbonyl (C=O) groups is 3. The third-order valence-electron chi connectivity index (χ3n) is 5.88. The van der Waals surface area contributed by atoms with Gasteiger partial charge in [-0.2, -0.15) is 5.10 Å². The van der Waals surface area contributed by atoms with Gasteiger partial charge < -0.3 is 19.6 Å². The number of aromatic amines is 1. The number of amides is 1. The highest BCUT2D eigenvalue weighted by atomic mass is 16.5. The van der Waals surface area contributed by atoms with Crippen LogP contribution in [0.15, 0.2) is 40.9 Å². The second-order valence-corrected chi connectivity index (χ2v) is 9.04. The Labute approximate surface area is 209 Å². The molecule has 3 aromatic rings. The zero-order chi connectivity index (χ0) is 26.5. The minimum Gasteiger partial charge on any atom is -0.467 e. The first-order chi connectivity index (χ1) is 17.1. The van der Waals surface area contributed by atoms with Gasteiger partial charge in [-0.05, 0) is 43.4 Å². The lowest BCUT2D eigenvalue weighted by atomic mass is 9.87. The average molecular weight is 497 g/mol. The minimum atomic E-state index is -2.37. The molecule has 0 aliphatic rings. The Morgan fingerprint density at radius 1 is 1.17 bits per heavy atom. The molecule has 10 heteroatoms.